The van der Waals surface area contributed by atoms with E-state index < -0.39 is 0 Å². The number of hydrogen-bond acceptors (Lipinski definition) is 3. The zero-order valence-electron chi connectivity index (χ0n) is 15.0. The minimum absolute atomic E-state index is 0. The number of benzene rings is 1. The molecule has 1 aliphatic heterocycles. The number of para-hydroxylation sites is 1. The van der Waals surface area contributed by atoms with Crippen molar-refractivity contribution in [1.82, 2.24) is 10.6 Å². The molecule has 1 amide bonds. The van der Waals surface area contributed by atoms with E-state index in [4.69, 9.17) is 0 Å². The number of rotatable bonds is 5. The summed E-state index contributed by atoms with van der Waals surface area (Å²) in [7, 11) is 1.77. The van der Waals surface area contributed by atoms with Crippen LogP contribution in [0.4, 0.5) is 5.69 Å². The second-order valence-corrected chi connectivity index (χ2v) is 7.11. The summed E-state index contributed by atoms with van der Waals surface area (Å²) >= 11 is 1.72. The summed E-state index contributed by atoms with van der Waals surface area (Å²) in [5.41, 5.74) is 3.43. The van der Waals surface area contributed by atoms with Crippen molar-refractivity contribution in [1.29, 1.82) is 0 Å². The van der Waals surface area contributed by atoms with E-state index in [-0.39, 0.29) is 35.8 Å². The van der Waals surface area contributed by atoms with Crippen LogP contribution in [0.5, 0.6) is 0 Å². The van der Waals surface area contributed by atoms with E-state index in [9.17, 15) is 4.79 Å². The van der Waals surface area contributed by atoms with Gasteiger partial charge in [0.15, 0.2) is 5.96 Å². The maximum atomic E-state index is 11.9. The predicted molar refractivity (Wildman–Crippen MR) is 120 cm³/mol. The van der Waals surface area contributed by atoms with Crippen molar-refractivity contribution in [3.63, 3.8) is 0 Å². The first-order chi connectivity index (χ1) is 12.2. The molecule has 0 saturated carbocycles. The Morgan fingerprint density at radius 2 is 2.15 bits per heavy atom. The molecule has 2 atom stereocenters. The molecule has 0 fully saturated rings. The van der Waals surface area contributed by atoms with Crippen LogP contribution in [0.1, 0.15) is 36.3 Å². The van der Waals surface area contributed by atoms with Crippen LogP contribution in [-0.4, -0.2) is 32.0 Å². The maximum Gasteiger partial charge on any atom is 0.225 e. The van der Waals surface area contributed by atoms with Gasteiger partial charge in [0.2, 0.25) is 5.91 Å². The molecule has 1 aliphatic rings. The summed E-state index contributed by atoms with van der Waals surface area (Å²) in [6, 6.07) is 10.1. The second kappa shape index (κ2) is 9.91. The fraction of sp³-hybridized carbons (Fsp3) is 0.368. The molecule has 2 aromatic rings. The average molecular weight is 484 g/mol. The van der Waals surface area contributed by atoms with Gasteiger partial charge in [0.1, 0.15) is 0 Å². The first-order valence-electron chi connectivity index (χ1n) is 8.52. The number of fused-ring (bicyclic) bond motifs is 1. The number of aliphatic imine (C=N–C) groups is 1. The normalized spacial score (nSPS) is 17.5. The van der Waals surface area contributed by atoms with Gasteiger partial charge in [-0.2, -0.15) is 11.3 Å². The highest BCUT2D eigenvalue weighted by molar-refractivity contribution is 14.0. The third-order valence-electron chi connectivity index (χ3n) is 4.53. The van der Waals surface area contributed by atoms with Crippen molar-refractivity contribution >= 4 is 52.9 Å². The lowest BCUT2D eigenvalue weighted by Crippen LogP contribution is -2.41. The van der Waals surface area contributed by atoms with Crippen LogP contribution in [0, 0.1) is 0 Å². The molecule has 3 N–H and O–H groups in total. The summed E-state index contributed by atoms with van der Waals surface area (Å²) in [6.07, 6.45) is 0.492. The highest BCUT2D eigenvalue weighted by atomic mass is 127. The van der Waals surface area contributed by atoms with Crippen molar-refractivity contribution in [2.45, 2.75) is 25.2 Å². The van der Waals surface area contributed by atoms with E-state index in [1.54, 1.807) is 18.4 Å². The summed E-state index contributed by atoms with van der Waals surface area (Å²) in [5.74, 6) is 1.41. The van der Waals surface area contributed by atoms with Crippen LogP contribution in [0.3, 0.4) is 0 Å². The van der Waals surface area contributed by atoms with Crippen molar-refractivity contribution in [2.75, 3.05) is 25.5 Å². The Balaban J connectivity index is 0.00000243. The highest BCUT2D eigenvalue weighted by Gasteiger charge is 2.24. The molecule has 26 heavy (non-hydrogen) atoms. The summed E-state index contributed by atoms with van der Waals surface area (Å²) in [5, 5.41) is 14.0. The maximum absolute atomic E-state index is 11.9. The van der Waals surface area contributed by atoms with E-state index >= 15 is 0 Å². The van der Waals surface area contributed by atoms with Crippen LogP contribution in [0.25, 0.3) is 0 Å². The predicted octanol–water partition coefficient (Wildman–Crippen LogP) is 3.76. The Kier molecular flexibility index (Phi) is 7.89. The first kappa shape index (κ1) is 20.7. The van der Waals surface area contributed by atoms with Gasteiger partial charge in [-0.25, -0.2) is 0 Å². The zero-order valence-corrected chi connectivity index (χ0v) is 18.1. The Morgan fingerprint density at radius 1 is 1.35 bits per heavy atom. The lowest BCUT2D eigenvalue weighted by molar-refractivity contribution is -0.116. The molecule has 7 heteroatoms. The van der Waals surface area contributed by atoms with E-state index in [1.807, 2.05) is 18.2 Å². The van der Waals surface area contributed by atoms with E-state index in [2.05, 4.69) is 50.8 Å². The van der Waals surface area contributed by atoms with Crippen molar-refractivity contribution in [2.24, 2.45) is 4.99 Å². The monoisotopic (exact) mass is 484 g/mol. The minimum Gasteiger partial charge on any atom is -0.356 e. The van der Waals surface area contributed by atoms with Crippen LogP contribution < -0.4 is 16.0 Å². The molecule has 1 aromatic carbocycles. The number of guanidine groups is 1. The molecule has 140 valence electrons. The van der Waals surface area contributed by atoms with Crippen molar-refractivity contribution in [3.05, 3.63) is 52.2 Å². The number of carbonyl (C=O) groups excluding carboxylic acids is 1. The summed E-state index contributed by atoms with van der Waals surface area (Å²) in [6.45, 7) is 3.69. The SMILES string of the molecule is CN=C(NCC(C)c1ccsc1)NCC1CC(=O)Nc2ccccc21.I. The largest absolute Gasteiger partial charge is 0.356 e. The third-order valence-corrected chi connectivity index (χ3v) is 5.24. The quantitative estimate of drug-likeness (QED) is 0.344. The molecule has 0 bridgehead atoms. The smallest absolute Gasteiger partial charge is 0.225 e. The van der Waals surface area contributed by atoms with Gasteiger partial charge in [-0.1, -0.05) is 25.1 Å². The molecule has 5 nitrogen and oxygen atoms in total. The van der Waals surface area contributed by atoms with Crippen LogP contribution in [0.2, 0.25) is 0 Å². The van der Waals surface area contributed by atoms with Gasteiger partial charge >= 0.3 is 0 Å². The van der Waals surface area contributed by atoms with Crippen molar-refractivity contribution < 1.29 is 4.79 Å². The van der Waals surface area contributed by atoms with Gasteiger partial charge in [-0.15, -0.1) is 24.0 Å². The van der Waals surface area contributed by atoms with E-state index in [0.717, 1.165) is 18.2 Å². The molecule has 0 aliphatic carbocycles. The number of halogens is 1. The fourth-order valence-corrected chi connectivity index (χ4v) is 3.83. The number of nitrogens with one attached hydrogen (secondary N) is 3. The number of thiophene rings is 1. The van der Waals surface area contributed by atoms with Crippen LogP contribution >= 0.6 is 35.3 Å². The third kappa shape index (κ3) is 5.20. The van der Waals surface area contributed by atoms with Crippen molar-refractivity contribution in [3.8, 4) is 0 Å². The Labute approximate surface area is 175 Å². The number of hydrogen-bond donors (Lipinski definition) is 3. The van der Waals surface area contributed by atoms with Crippen LogP contribution in [-0.2, 0) is 4.79 Å². The molecule has 0 saturated heterocycles. The topological polar surface area (TPSA) is 65.5 Å². The lowest BCUT2D eigenvalue weighted by Gasteiger charge is -2.26. The summed E-state index contributed by atoms with van der Waals surface area (Å²) in [4.78, 5) is 16.2. The van der Waals surface area contributed by atoms with Gasteiger partial charge < -0.3 is 16.0 Å². The highest BCUT2D eigenvalue weighted by Crippen LogP contribution is 2.31. The molecular weight excluding hydrogens is 459 g/mol. The van der Waals surface area contributed by atoms with Gasteiger partial charge in [0.25, 0.3) is 0 Å². The fourth-order valence-electron chi connectivity index (χ4n) is 3.05. The Morgan fingerprint density at radius 3 is 2.88 bits per heavy atom. The number of amides is 1. The minimum atomic E-state index is 0. The van der Waals surface area contributed by atoms with E-state index in [1.165, 1.54) is 11.1 Å². The Bertz CT molecular complexity index is 748. The molecule has 2 unspecified atom stereocenters. The average Bonchev–Trinajstić information content (AvgIpc) is 3.16. The van der Waals surface area contributed by atoms with Gasteiger partial charge in [-0.05, 0) is 39.9 Å². The number of nitrogens with zero attached hydrogens (tertiary/aromatic N) is 1. The second-order valence-electron chi connectivity index (χ2n) is 6.33. The number of anilines is 1. The molecular formula is C19H25IN4OS. The molecule has 3 rings (SSSR count). The van der Waals surface area contributed by atoms with Gasteiger partial charge in [0.05, 0.1) is 0 Å². The molecule has 1 aromatic heterocycles. The van der Waals surface area contributed by atoms with Gasteiger partial charge in [0, 0.05) is 38.2 Å². The number of carbonyl (C=O) groups is 1. The standard InChI is InChI=1S/C19H24N4OS.HI/c1-13(14-7-8-25-12-14)10-21-19(20-2)22-11-15-9-18(24)23-17-6-4-3-5-16(15)17;/h3-8,12-13,15H,9-11H2,1-2H3,(H,23,24)(H2,20,21,22);1H. The summed E-state index contributed by atoms with van der Waals surface area (Å²) < 4.78 is 0. The first-order valence-corrected chi connectivity index (χ1v) is 9.47. The van der Waals surface area contributed by atoms with Crippen LogP contribution in [0.15, 0.2) is 46.1 Å². The molecule has 2 heterocycles. The van der Waals surface area contributed by atoms with Gasteiger partial charge in [-0.3, -0.25) is 9.79 Å². The molecule has 0 spiro atoms. The molecule has 0 radical (unpaired) electrons. The van der Waals surface area contributed by atoms with E-state index in [0.29, 0.717) is 18.9 Å². The Hall–Kier alpha value is -1.61. The lowest BCUT2D eigenvalue weighted by atomic mass is 9.90. The zero-order chi connectivity index (χ0) is 17.6.